The second-order valence-electron chi connectivity index (χ2n) is 7.14. The number of aryl methyl sites for hydroxylation is 1. The van der Waals surface area contributed by atoms with Gasteiger partial charge in [-0.25, -0.2) is 0 Å². The van der Waals surface area contributed by atoms with Crippen molar-refractivity contribution in [3.63, 3.8) is 0 Å². The molecule has 1 aliphatic heterocycles. The molecule has 3 aromatic rings. The Balaban J connectivity index is 1.46. The zero-order chi connectivity index (χ0) is 19.5. The standard InChI is InChI=1S/C22H25N3O3/c1-4-15-5-7-16(8-6-15)22-23-21(28-24-22)14-25-10-9-17-11-19(26-2)20(27-3)12-18(17)13-25/h5-8,11-12H,4,9-10,13-14H2,1-3H3/p+1. The van der Waals surface area contributed by atoms with Crippen LogP contribution in [0, 0.1) is 0 Å². The quantitative estimate of drug-likeness (QED) is 0.712. The Bertz CT molecular complexity index is 950. The van der Waals surface area contributed by atoms with Gasteiger partial charge in [-0.05, 0) is 29.7 Å². The molecule has 0 fully saturated rings. The molecule has 0 saturated carbocycles. The fraction of sp³-hybridized carbons (Fsp3) is 0.364. The third kappa shape index (κ3) is 3.73. The summed E-state index contributed by atoms with van der Waals surface area (Å²) in [7, 11) is 3.35. The van der Waals surface area contributed by atoms with E-state index in [0.29, 0.717) is 18.3 Å². The predicted molar refractivity (Wildman–Crippen MR) is 106 cm³/mol. The monoisotopic (exact) mass is 380 g/mol. The SMILES string of the molecule is CCc1ccc(-c2noc(C[NH+]3CCc4cc(OC)c(OC)cc4C3)n2)cc1. The molecule has 1 aliphatic rings. The molecular weight excluding hydrogens is 354 g/mol. The molecule has 2 heterocycles. The molecule has 0 amide bonds. The molecule has 1 aromatic heterocycles. The molecule has 0 aliphatic carbocycles. The lowest BCUT2D eigenvalue weighted by atomic mass is 9.99. The number of aromatic nitrogens is 2. The Morgan fingerprint density at radius 2 is 1.75 bits per heavy atom. The van der Waals surface area contributed by atoms with Crippen molar-refractivity contribution in [2.24, 2.45) is 0 Å². The number of nitrogens with zero attached hydrogens (tertiary/aromatic N) is 2. The summed E-state index contributed by atoms with van der Waals surface area (Å²) in [5, 5.41) is 4.17. The molecule has 1 atom stereocenters. The molecule has 6 nitrogen and oxygen atoms in total. The summed E-state index contributed by atoms with van der Waals surface area (Å²) in [6.45, 7) is 4.78. The van der Waals surface area contributed by atoms with E-state index in [0.717, 1.165) is 43.0 Å². The summed E-state index contributed by atoms with van der Waals surface area (Å²) in [5.41, 5.74) is 4.90. The topological polar surface area (TPSA) is 61.8 Å². The first-order chi connectivity index (χ1) is 13.7. The second kappa shape index (κ2) is 8.02. The predicted octanol–water partition coefficient (Wildman–Crippen LogP) is 2.46. The Hall–Kier alpha value is -2.86. The van der Waals surface area contributed by atoms with Crippen LogP contribution in [0.5, 0.6) is 11.5 Å². The number of benzene rings is 2. The molecule has 1 unspecified atom stereocenters. The van der Waals surface area contributed by atoms with Crippen molar-refractivity contribution in [1.82, 2.24) is 10.1 Å². The first-order valence-electron chi connectivity index (χ1n) is 9.69. The van der Waals surface area contributed by atoms with Crippen molar-refractivity contribution in [3.8, 4) is 22.9 Å². The molecular formula is C22H26N3O3+. The van der Waals surface area contributed by atoms with Crippen molar-refractivity contribution in [3.05, 3.63) is 59.0 Å². The van der Waals surface area contributed by atoms with Crippen LogP contribution in [0.3, 0.4) is 0 Å². The highest BCUT2D eigenvalue weighted by Gasteiger charge is 2.24. The van der Waals surface area contributed by atoms with Gasteiger partial charge in [0.05, 0.1) is 20.8 Å². The van der Waals surface area contributed by atoms with Gasteiger partial charge in [0, 0.05) is 17.5 Å². The number of hydrogen-bond acceptors (Lipinski definition) is 5. The second-order valence-corrected chi connectivity index (χ2v) is 7.14. The molecule has 0 saturated heterocycles. The van der Waals surface area contributed by atoms with Crippen molar-refractivity contribution >= 4 is 0 Å². The molecule has 4 rings (SSSR count). The van der Waals surface area contributed by atoms with E-state index in [2.05, 4.69) is 53.5 Å². The van der Waals surface area contributed by atoms with Gasteiger partial charge in [0.25, 0.3) is 5.89 Å². The van der Waals surface area contributed by atoms with Crippen LogP contribution in [-0.4, -0.2) is 30.9 Å². The lowest BCUT2D eigenvalue weighted by molar-refractivity contribution is -0.930. The van der Waals surface area contributed by atoms with Crippen LogP contribution in [0.25, 0.3) is 11.4 Å². The molecule has 0 radical (unpaired) electrons. The zero-order valence-electron chi connectivity index (χ0n) is 16.6. The summed E-state index contributed by atoms with van der Waals surface area (Å²) in [6, 6.07) is 12.5. The first-order valence-corrected chi connectivity index (χ1v) is 9.69. The van der Waals surface area contributed by atoms with E-state index in [1.165, 1.54) is 21.6 Å². The highest BCUT2D eigenvalue weighted by atomic mass is 16.5. The average Bonchev–Trinajstić information content (AvgIpc) is 3.21. The third-order valence-electron chi connectivity index (χ3n) is 5.38. The third-order valence-corrected chi connectivity index (χ3v) is 5.38. The van der Waals surface area contributed by atoms with E-state index in [1.54, 1.807) is 14.2 Å². The fourth-order valence-corrected chi connectivity index (χ4v) is 3.73. The minimum atomic E-state index is 0.654. The van der Waals surface area contributed by atoms with Crippen molar-refractivity contribution < 1.29 is 18.9 Å². The summed E-state index contributed by atoms with van der Waals surface area (Å²) < 4.78 is 16.4. The number of rotatable bonds is 6. The maximum atomic E-state index is 5.52. The van der Waals surface area contributed by atoms with Gasteiger partial charge >= 0.3 is 0 Å². The van der Waals surface area contributed by atoms with Crippen molar-refractivity contribution in [2.75, 3.05) is 20.8 Å². The van der Waals surface area contributed by atoms with Crippen molar-refractivity contribution in [1.29, 1.82) is 0 Å². The number of nitrogens with one attached hydrogen (secondary N) is 1. The van der Waals surface area contributed by atoms with Crippen LogP contribution in [-0.2, 0) is 25.9 Å². The first kappa shape index (κ1) is 18.5. The largest absolute Gasteiger partial charge is 0.493 e. The smallest absolute Gasteiger partial charge is 0.282 e. The van der Waals surface area contributed by atoms with Gasteiger partial charge in [-0.15, -0.1) is 0 Å². The molecule has 0 spiro atoms. The molecule has 146 valence electrons. The number of hydrogen-bond donors (Lipinski definition) is 1. The van der Waals surface area contributed by atoms with Crippen LogP contribution in [0.2, 0.25) is 0 Å². The van der Waals surface area contributed by atoms with Crippen LogP contribution in [0.15, 0.2) is 40.9 Å². The maximum Gasteiger partial charge on any atom is 0.282 e. The minimum Gasteiger partial charge on any atom is -0.493 e. The van der Waals surface area contributed by atoms with Crippen LogP contribution in [0.4, 0.5) is 0 Å². The fourth-order valence-electron chi connectivity index (χ4n) is 3.73. The summed E-state index contributed by atoms with van der Waals surface area (Å²) in [4.78, 5) is 6.00. The van der Waals surface area contributed by atoms with Crippen LogP contribution in [0.1, 0.15) is 29.5 Å². The number of ether oxygens (including phenoxy) is 2. The normalized spacial score (nSPS) is 15.9. The van der Waals surface area contributed by atoms with Crippen LogP contribution < -0.4 is 14.4 Å². The summed E-state index contributed by atoms with van der Waals surface area (Å²) in [6.07, 6.45) is 2.01. The van der Waals surface area contributed by atoms with Gasteiger partial charge in [-0.3, -0.25) is 0 Å². The van der Waals surface area contributed by atoms with E-state index in [1.807, 2.05) is 0 Å². The molecule has 28 heavy (non-hydrogen) atoms. The van der Waals surface area contributed by atoms with E-state index in [4.69, 9.17) is 14.0 Å². The highest BCUT2D eigenvalue weighted by molar-refractivity contribution is 5.54. The Morgan fingerprint density at radius 1 is 1.04 bits per heavy atom. The highest BCUT2D eigenvalue weighted by Crippen LogP contribution is 2.31. The number of fused-ring (bicyclic) bond motifs is 1. The molecule has 0 bridgehead atoms. The molecule has 6 heteroatoms. The Kier molecular flexibility index (Phi) is 5.30. The summed E-state index contributed by atoms with van der Waals surface area (Å²) in [5.74, 6) is 2.90. The van der Waals surface area contributed by atoms with E-state index >= 15 is 0 Å². The van der Waals surface area contributed by atoms with Crippen molar-refractivity contribution in [2.45, 2.75) is 32.9 Å². The van der Waals surface area contributed by atoms with Gasteiger partial charge in [-0.1, -0.05) is 36.3 Å². The zero-order valence-corrected chi connectivity index (χ0v) is 16.6. The van der Waals surface area contributed by atoms with Gasteiger partial charge in [0.2, 0.25) is 5.82 Å². The Morgan fingerprint density at radius 3 is 2.43 bits per heavy atom. The van der Waals surface area contributed by atoms with Gasteiger partial charge in [0.15, 0.2) is 18.0 Å². The van der Waals surface area contributed by atoms with E-state index in [-0.39, 0.29) is 0 Å². The lowest BCUT2D eigenvalue weighted by Gasteiger charge is -2.25. The minimum absolute atomic E-state index is 0.654. The lowest BCUT2D eigenvalue weighted by Crippen LogP contribution is -3.10. The van der Waals surface area contributed by atoms with Gasteiger partial charge < -0.3 is 18.9 Å². The summed E-state index contributed by atoms with van der Waals surface area (Å²) >= 11 is 0. The Labute approximate surface area is 165 Å². The number of methoxy groups -OCH3 is 2. The van der Waals surface area contributed by atoms with Gasteiger partial charge in [-0.2, -0.15) is 4.98 Å². The number of quaternary nitrogens is 1. The van der Waals surface area contributed by atoms with Gasteiger partial charge in [0.1, 0.15) is 6.54 Å². The average molecular weight is 380 g/mol. The molecule has 1 N–H and O–H groups in total. The van der Waals surface area contributed by atoms with E-state index in [9.17, 15) is 0 Å². The van der Waals surface area contributed by atoms with E-state index < -0.39 is 0 Å². The van der Waals surface area contributed by atoms with Crippen LogP contribution >= 0.6 is 0 Å². The maximum absolute atomic E-state index is 5.52. The molecule has 2 aromatic carbocycles.